The standard InChI is InChI=1S/C15H23N3O5S/c1-11-7-13(18(19)20)14(8-12(11)2)24(21,22)17-9-15(10-23-3)5-4-6-16-15/h7-8,16-17H,4-6,9-10H2,1-3H3. The number of methoxy groups -OCH3 is 1. The van der Waals surface area contributed by atoms with Gasteiger partial charge in [-0.1, -0.05) is 0 Å². The number of nitro groups is 1. The molecule has 8 nitrogen and oxygen atoms in total. The number of nitro benzene ring substituents is 1. The molecule has 1 aliphatic heterocycles. The van der Waals surface area contributed by atoms with Gasteiger partial charge < -0.3 is 10.1 Å². The summed E-state index contributed by atoms with van der Waals surface area (Å²) in [7, 11) is -2.45. The van der Waals surface area contributed by atoms with E-state index in [-0.39, 0.29) is 11.4 Å². The van der Waals surface area contributed by atoms with Crippen LogP contribution in [0.4, 0.5) is 5.69 Å². The number of nitrogens with zero attached hydrogens (tertiary/aromatic N) is 1. The Morgan fingerprint density at radius 2 is 2.04 bits per heavy atom. The van der Waals surface area contributed by atoms with Gasteiger partial charge in [-0.25, -0.2) is 13.1 Å². The summed E-state index contributed by atoms with van der Waals surface area (Å²) in [6.45, 7) is 4.71. The molecule has 0 amide bonds. The number of benzene rings is 1. The van der Waals surface area contributed by atoms with E-state index in [9.17, 15) is 18.5 Å². The topological polar surface area (TPSA) is 111 Å². The second-order valence-corrected chi connectivity index (χ2v) is 7.96. The molecule has 24 heavy (non-hydrogen) atoms. The molecule has 0 radical (unpaired) electrons. The maximum absolute atomic E-state index is 12.6. The van der Waals surface area contributed by atoms with Gasteiger partial charge in [0.2, 0.25) is 10.0 Å². The molecule has 2 rings (SSSR count). The lowest BCUT2D eigenvalue weighted by Gasteiger charge is -2.28. The number of rotatable bonds is 7. The second-order valence-electron chi connectivity index (χ2n) is 6.23. The highest BCUT2D eigenvalue weighted by atomic mass is 32.2. The first-order valence-corrected chi connectivity index (χ1v) is 9.18. The average Bonchev–Trinajstić information content (AvgIpc) is 2.97. The molecule has 1 aromatic carbocycles. The number of sulfonamides is 1. The summed E-state index contributed by atoms with van der Waals surface area (Å²) in [5.74, 6) is 0. The lowest BCUT2D eigenvalue weighted by atomic mass is 9.99. The van der Waals surface area contributed by atoms with E-state index in [1.807, 2.05) is 0 Å². The third-order valence-corrected chi connectivity index (χ3v) is 5.85. The third kappa shape index (κ3) is 3.92. The zero-order chi connectivity index (χ0) is 18.0. The Hall–Kier alpha value is -1.55. The Labute approximate surface area is 141 Å². The summed E-state index contributed by atoms with van der Waals surface area (Å²) < 4.78 is 33.0. The zero-order valence-electron chi connectivity index (χ0n) is 14.1. The summed E-state index contributed by atoms with van der Waals surface area (Å²) in [4.78, 5) is 10.3. The quantitative estimate of drug-likeness (QED) is 0.561. The van der Waals surface area contributed by atoms with E-state index in [4.69, 9.17) is 4.74 Å². The van der Waals surface area contributed by atoms with E-state index in [2.05, 4.69) is 10.0 Å². The van der Waals surface area contributed by atoms with Crippen LogP contribution in [0.5, 0.6) is 0 Å². The van der Waals surface area contributed by atoms with Gasteiger partial charge in [0.15, 0.2) is 4.90 Å². The zero-order valence-corrected chi connectivity index (χ0v) is 14.9. The van der Waals surface area contributed by atoms with Gasteiger partial charge >= 0.3 is 0 Å². The molecule has 0 aromatic heterocycles. The van der Waals surface area contributed by atoms with E-state index in [1.165, 1.54) is 12.1 Å². The summed E-state index contributed by atoms with van der Waals surface area (Å²) in [6, 6.07) is 2.64. The van der Waals surface area contributed by atoms with Crippen molar-refractivity contribution in [2.45, 2.75) is 37.1 Å². The van der Waals surface area contributed by atoms with Gasteiger partial charge in [0.1, 0.15) is 0 Å². The largest absolute Gasteiger partial charge is 0.383 e. The first-order chi connectivity index (χ1) is 11.2. The van der Waals surface area contributed by atoms with Crippen molar-refractivity contribution in [3.8, 4) is 0 Å². The van der Waals surface area contributed by atoms with Crippen LogP contribution < -0.4 is 10.0 Å². The molecule has 1 aliphatic rings. The van der Waals surface area contributed by atoms with E-state index in [0.29, 0.717) is 17.7 Å². The Balaban J connectivity index is 2.30. The van der Waals surface area contributed by atoms with Crippen LogP contribution in [-0.4, -0.2) is 45.7 Å². The van der Waals surface area contributed by atoms with Gasteiger partial charge in [-0.2, -0.15) is 0 Å². The molecule has 2 N–H and O–H groups in total. The van der Waals surface area contributed by atoms with Crippen molar-refractivity contribution in [3.05, 3.63) is 33.4 Å². The minimum atomic E-state index is -4.01. The summed E-state index contributed by atoms with van der Waals surface area (Å²) in [6.07, 6.45) is 1.70. The molecule has 1 heterocycles. The van der Waals surface area contributed by atoms with Crippen molar-refractivity contribution in [2.24, 2.45) is 0 Å². The number of nitrogens with one attached hydrogen (secondary N) is 2. The number of hydrogen-bond donors (Lipinski definition) is 2. The van der Waals surface area contributed by atoms with Gasteiger partial charge in [-0.3, -0.25) is 10.1 Å². The van der Waals surface area contributed by atoms with Gasteiger partial charge in [0, 0.05) is 19.7 Å². The molecule has 1 fully saturated rings. The van der Waals surface area contributed by atoms with Crippen LogP contribution in [0.2, 0.25) is 0 Å². The van der Waals surface area contributed by atoms with E-state index in [0.717, 1.165) is 19.4 Å². The first-order valence-electron chi connectivity index (χ1n) is 7.70. The maximum atomic E-state index is 12.6. The van der Waals surface area contributed by atoms with Crippen LogP contribution in [0.15, 0.2) is 17.0 Å². The lowest BCUT2D eigenvalue weighted by molar-refractivity contribution is -0.387. The Morgan fingerprint density at radius 3 is 2.58 bits per heavy atom. The second kappa shape index (κ2) is 7.14. The summed E-state index contributed by atoms with van der Waals surface area (Å²) in [5.41, 5.74) is 0.474. The molecule has 0 saturated carbocycles. The fourth-order valence-corrected chi connectivity index (χ4v) is 4.28. The van der Waals surface area contributed by atoms with E-state index >= 15 is 0 Å². The number of aryl methyl sites for hydroxylation is 2. The Bertz CT molecular complexity index is 727. The minimum Gasteiger partial charge on any atom is -0.383 e. The maximum Gasteiger partial charge on any atom is 0.289 e. The van der Waals surface area contributed by atoms with Crippen molar-refractivity contribution < 1.29 is 18.1 Å². The van der Waals surface area contributed by atoms with Crippen LogP contribution in [-0.2, 0) is 14.8 Å². The lowest BCUT2D eigenvalue weighted by Crippen LogP contribution is -2.52. The van der Waals surface area contributed by atoms with Crippen LogP contribution >= 0.6 is 0 Å². The fourth-order valence-electron chi connectivity index (χ4n) is 2.91. The predicted octanol–water partition coefficient (Wildman–Crippen LogP) is 1.26. The van der Waals surface area contributed by atoms with E-state index in [1.54, 1.807) is 21.0 Å². The molecule has 0 bridgehead atoms. The Kier molecular flexibility index (Phi) is 5.59. The summed E-state index contributed by atoms with van der Waals surface area (Å²) >= 11 is 0. The van der Waals surface area contributed by atoms with Crippen LogP contribution in [0.25, 0.3) is 0 Å². The highest BCUT2D eigenvalue weighted by Crippen LogP contribution is 2.28. The first kappa shape index (κ1) is 18.8. The monoisotopic (exact) mass is 357 g/mol. The average molecular weight is 357 g/mol. The SMILES string of the molecule is COCC1(CNS(=O)(=O)c2cc(C)c(C)cc2[N+](=O)[O-])CCCN1. The number of hydrogen-bond acceptors (Lipinski definition) is 6. The smallest absolute Gasteiger partial charge is 0.289 e. The molecule has 1 aromatic rings. The van der Waals surface area contributed by atoms with Crippen molar-refractivity contribution in [1.82, 2.24) is 10.0 Å². The van der Waals surface area contributed by atoms with Gasteiger partial charge in [-0.15, -0.1) is 0 Å². The van der Waals surface area contributed by atoms with Gasteiger partial charge in [-0.05, 0) is 50.4 Å². The molecule has 0 aliphatic carbocycles. The molecule has 9 heteroatoms. The molecule has 134 valence electrons. The molecule has 0 spiro atoms. The summed E-state index contributed by atoms with van der Waals surface area (Å²) in [5, 5.41) is 14.5. The number of ether oxygens (including phenoxy) is 1. The van der Waals surface area contributed by atoms with Crippen molar-refractivity contribution in [2.75, 3.05) is 26.8 Å². The molecular weight excluding hydrogens is 334 g/mol. The normalized spacial score (nSPS) is 21.1. The third-order valence-electron chi connectivity index (χ3n) is 4.41. The van der Waals surface area contributed by atoms with Crippen LogP contribution in [0, 0.1) is 24.0 Å². The molecule has 1 atom stereocenters. The van der Waals surface area contributed by atoms with Crippen molar-refractivity contribution in [3.63, 3.8) is 0 Å². The van der Waals surface area contributed by atoms with E-state index < -0.39 is 26.2 Å². The highest BCUT2D eigenvalue weighted by Gasteiger charge is 2.36. The highest BCUT2D eigenvalue weighted by molar-refractivity contribution is 7.89. The molecular formula is C15H23N3O5S. The van der Waals surface area contributed by atoms with Gasteiger partial charge in [0.25, 0.3) is 5.69 Å². The Morgan fingerprint density at radius 1 is 1.38 bits per heavy atom. The minimum absolute atomic E-state index is 0.118. The van der Waals surface area contributed by atoms with Crippen LogP contribution in [0.1, 0.15) is 24.0 Å². The molecule has 1 saturated heterocycles. The van der Waals surface area contributed by atoms with Crippen LogP contribution in [0.3, 0.4) is 0 Å². The van der Waals surface area contributed by atoms with Crippen molar-refractivity contribution in [1.29, 1.82) is 0 Å². The van der Waals surface area contributed by atoms with Crippen molar-refractivity contribution >= 4 is 15.7 Å². The fraction of sp³-hybridized carbons (Fsp3) is 0.600. The van der Waals surface area contributed by atoms with Gasteiger partial charge in [0.05, 0.1) is 17.1 Å². The molecule has 1 unspecified atom stereocenters. The predicted molar refractivity (Wildman–Crippen MR) is 89.6 cm³/mol.